The van der Waals surface area contributed by atoms with E-state index in [1.165, 1.54) is 0 Å². The van der Waals surface area contributed by atoms with Crippen LogP contribution in [-0.4, -0.2) is 55.4 Å². The van der Waals surface area contributed by atoms with Crippen LogP contribution in [0.4, 0.5) is 0 Å². The minimum absolute atomic E-state index is 0.153. The van der Waals surface area contributed by atoms with Gasteiger partial charge in [-0.05, 0) is 0 Å². The molecule has 7 heteroatoms. The molecule has 1 fully saturated rings. The number of morpholine rings is 1. The molecule has 92 valence electrons. The lowest BCUT2D eigenvalue weighted by Crippen LogP contribution is -2.44. The molecule has 1 heterocycles. The van der Waals surface area contributed by atoms with Crippen molar-refractivity contribution in [1.82, 2.24) is 10.6 Å². The van der Waals surface area contributed by atoms with Crippen molar-refractivity contribution < 1.29 is 19.4 Å². The second-order valence-corrected chi connectivity index (χ2v) is 3.62. The van der Waals surface area contributed by atoms with E-state index in [2.05, 4.69) is 10.6 Å². The van der Waals surface area contributed by atoms with Crippen LogP contribution in [0.15, 0.2) is 0 Å². The summed E-state index contributed by atoms with van der Waals surface area (Å²) in [5.41, 5.74) is 4.83. The molecule has 0 bridgehead atoms. The van der Waals surface area contributed by atoms with E-state index in [1.807, 2.05) is 0 Å². The predicted octanol–water partition coefficient (Wildman–Crippen LogP) is -2.67. The largest absolute Gasteiger partial charge is 0.381 e. The van der Waals surface area contributed by atoms with Crippen LogP contribution in [0.3, 0.4) is 0 Å². The Balaban J connectivity index is 2.17. The first-order valence-corrected chi connectivity index (χ1v) is 5.16. The Morgan fingerprint density at radius 3 is 2.94 bits per heavy atom. The minimum atomic E-state index is -1.34. The van der Waals surface area contributed by atoms with Crippen LogP contribution in [-0.2, 0) is 14.3 Å². The summed E-state index contributed by atoms with van der Waals surface area (Å²) in [6.07, 6.45) is -1.29. The summed E-state index contributed by atoms with van der Waals surface area (Å²) in [6.45, 7) is 1.85. The summed E-state index contributed by atoms with van der Waals surface area (Å²) in [5, 5.41) is 14.6. The average Bonchev–Trinajstić information content (AvgIpc) is 2.27. The third-order valence-electron chi connectivity index (χ3n) is 2.24. The highest BCUT2D eigenvalue weighted by molar-refractivity contribution is 5.81. The second-order valence-electron chi connectivity index (χ2n) is 3.62. The highest BCUT2D eigenvalue weighted by Gasteiger charge is 2.18. The highest BCUT2D eigenvalue weighted by atomic mass is 16.5. The smallest absolute Gasteiger partial charge is 0.248 e. The molecule has 16 heavy (non-hydrogen) atoms. The minimum Gasteiger partial charge on any atom is -0.381 e. The zero-order chi connectivity index (χ0) is 12.0. The van der Waals surface area contributed by atoms with Crippen molar-refractivity contribution >= 4 is 11.8 Å². The summed E-state index contributed by atoms with van der Waals surface area (Å²) in [5.74, 6) is -1.12. The number of ether oxygens (including phenoxy) is 1. The van der Waals surface area contributed by atoms with Gasteiger partial charge in [-0.2, -0.15) is 0 Å². The quantitative estimate of drug-likeness (QED) is 0.412. The van der Waals surface area contributed by atoms with Crippen LogP contribution in [0.1, 0.15) is 6.42 Å². The van der Waals surface area contributed by atoms with Crippen molar-refractivity contribution in [3.63, 3.8) is 0 Å². The van der Waals surface area contributed by atoms with Gasteiger partial charge in [0.2, 0.25) is 11.8 Å². The molecule has 1 aliphatic rings. The van der Waals surface area contributed by atoms with E-state index < -0.39 is 12.0 Å². The van der Waals surface area contributed by atoms with Crippen LogP contribution >= 0.6 is 0 Å². The molecule has 0 aromatic heterocycles. The van der Waals surface area contributed by atoms with Crippen molar-refractivity contribution in [3.8, 4) is 0 Å². The lowest BCUT2D eigenvalue weighted by atomic mass is 10.2. The third-order valence-corrected chi connectivity index (χ3v) is 2.24. The number of amides is 2. The molecule has 2 unspecified atom stereocenters. The monoisotopic (exact) mass is 231 g/mol. The standard InChI is InChI=1S/C9H17N3O4/c10-9(15)7(13)5-12-8(14)3-6-4-11-1-2-16-6/h6-7,11,13H,1-5H2,(H2,10,15)(H,12,14). The summed E-state index contributed by atoms with van der Waals surface area (Å²) in [6, 6.07) is 0. The number of nitrogens with two attached hydrogens (primary N) is 1. The van der Waals surface area contributed by atoms with Gasteiger partial charge in [0.05, 0.1) is 25.7 Å². The van der Waals surface area contributed by atoms with Gasteiger partial charge in [0, 0.05) is 13.1 Å². The van der Waals surface area contributed by atoms with Crippen LogP contribution in [0.25, 0.3) is 0 Å². The number of rotatable bonds is 5. The van der Waals surface area contributed by atoms with Gasteiger partial charge in [-0.15, -0.1) is 0 Å². The molecule has 1 rings (SSSR count). The Hall–Kier alpha value is -1.18. The molecule has 1 aliphatic heterocycles. The molecule has 0 spiro atoms. The SMILES string of the molecule is NC(=O)C(O)CNC(=O)CC1CNCCO1. The highest BCUT2D eigenvalue weighted by Crippen LogP contribution is 2.00. The third kappa shape index (κ3) is 4.56. The van der Waals surface area contributed by atoms with Crippen LogP contribution in [0, 0.1) is 0 Å². The van der Waals surface area contributed by atoms with E-state index in [0.717, 1.165) is 6.54 Å². The van der Waals surface area contributed by atoms with Crippen molar-refractivity contribution in [1.29, 1.82) is 0 Å². The number of primary amides is 1. The number of hydrogen-bond acceptors (Lipinski definition) is 5. The Bertz CT molecular complexity index is 253. The molecule has 7 nitrogen and oxygen atoms in total. The van der Waals surface area contributed by atoms with Crippen LogP contribution in [0.5, 0.6) is 0 Å². The lowest BCUT2D eigenvalue weighted by molar-refractivity contribution is -0.128. The summed E-state index contributed by atoms with van der Waals surface area (Å²) < 4.78 is 5.33. The molecule has 0 aromatic rings. The first-order chi connectivity index (χ1) is 7.59. The zero-order valence-corrected chi connectivity index (χ0v) is 8.94. The van der Waals surface area contributed by atoms with Crippen molar-refractivity contribution in [2.75, 3.05) is 26.2 Å². The van der Waals surface area contributed by atoms with Crippen molar-refractivity contribution in [2.45, 2.75) is 18.6 Å². The Kier molecular flexibility index (Phi) is 5.17. The molecular weight excluding hydrogens is 214 g/mol. The summed E-state index contributed by atoms with van der Waals surface area (Å²) in [7, 11) is 0. The molecule has 5 N–H and O–H groups in total. The number of carbonyl (C=O) groups is 2. The maximum atomic E-state index is 11.4. The molecule has 0 aromatic carbocycles. The van der Waals surface area contributed by atoms with E-state index >= 15 is 0 Å². The molecule has 0 aliphatic carbocycles. The second kappa shape index (κ2) is 6.41. The summed E-state index contributed by atoms with van der Waals surface area (Å²) in [4.78, 5) is 21.8. The van der Waals surface area contributed by atoms with E-state index in [4.69, 9.17) is 15.6 Å². The normalized spacial score (nSPS) is 22.4. The number of nitrogens with one attached hydrogen (secondary N) is 2. The molecule has 1 saturated heterocycles. The fourth-order valence-electron chi connectivity index (χ4n) is 1.34. The number of hydrogen-bond donors (Lipinski definition) is 4. The maximum absolute atomic E-state index is 11.4. The number of carbonyl (C=O) groups excluding carboxylic acids is 2. The molecule has 2 amide bonds. The topological polar surface area (TPSA) is 114 Å². The molecule has 2 atom stereocenters. The van der Waals surface area contributed by atoms with Crippen molar-refractivity contribution in [3.05, 3.63) is 0 Å². The molecule has 0 radical (unpaired) electrons. The van der Waals surface area contributed by atoms with Gasteiger partial charge in [-0.1, -0.05) is 0 Å². The summed E-state index contributed by atoms with van der Waals surface area (Å²) >= 11 is 0. The number of aliphatic hydroxyl groups is 1. The zero-order valence-electron chi connectivity index (χ0n) is 8.94. The van der Waals surface area contributed by atoms with Gasteiger partial charge in [-0.25, -0.2) is 0 Å². The first-order valence-electron chi connectivity index (χ1n) is 5.16. The Labute approximate surface area is 93.3 Å². The Morgan fingerprint density at radius 2 is 2.38 bits per heavy atom. The van der Waals surface area contributed by atoms with Gasteiger partial charge >= 0.3 is 0 Å². The van der Waals surface area contributed by atoms with Gasteiger partial charge in [0.25, 0.3) is 0 Å². The van der Waals surface area contributed by atoms with Crippen LogP contribution in [0.2, 0.25) is 0 Å². The number of aliphatic hydroxyl groups excluding tert-OH is 1. The lowest BCUT2D eigenvalue weighted by Gasteiger charge is -2.23. The van der Waals surface area contributed by atoms with Crippen LogP contribution < -0.4 is 16.4 Å². The van der Waals surface area contributed by atoms with Gasteiger partial charge in [-0.3, -0.25) is 9.59 Å². The van der Waals surface area contributed by atoms with Gasteiger partial charge in [0.15, 0.2) is 0 Å². The van der Waals surface area contributed by atoms with E-state index in [0.29, 0.717) is 13.2 Å². The van der Waals surface area contributed by atoms with E-state index in [1.54, 1.807) is 0 Å². The molecular formula is C9H17N3O4. The Morgan fingerprint density at radius 1 is 1.62 bits per heavy atom. The van der Waals surface area contributed by atoms with Crippen molar-refractivity contribution in [2.24, 2.45) is 5.73 Å². The van der Waals surface area contributed by atoms with Gasteiger partial charge in [0.1, 0.15) is 6.10 Å². The first kappa shape index (κ1) is 12.9. The molecule has 0 saturated carbocycles. The van der Waals surface area contributed by atoms with E-state index in [-0.39, 0.29) is 25.0 Å². The maximum Gasteiger partial charge on any atom is 0.248 e. The predicted molar refractivity (Wildman–Crippen MR) is 55.4 cm³/mol. The average molecular weight is 231 g/mol. The van der Waals surface area contributed by atoms with E-state index in [9.17, 15) is 9.59 Å². The van der Waals surface area contributed by atoms with Gasteiger partial charge < -0.3 is 26.2 Å². The fraction of sp³-hybridized carbons (Fsp3) is 0.778. The fourth-order valence-corrected chi connectivity index (χ4v) is 1.34.